The fourth-order valence-corrected chi connectivity index (χ4v) is 2.63. The molecule has 0 bridgehead atoms. The van der Waals surface area contributed by atoms with Gasteiger partial charge in [0.1, 0.15) is 5.82 Å². The smallest absolute Gasteiger partial charge is 0.228 e. The van der Waals surface area contributed by atoms with Gasteiger partial charge in [0.2, 0.25) is 5.91 Å². The number of nitrogens with zero attached hydrogens (tertiary/aromatic N) is 2. The van der Waals surface area contributed by atoms with Crippen molar-refractivity contribution < 1.29 is 4.79 Å². The van der Waals surface area contributed by atoms with Crippen molar-refractivity contribution in [3.05, 3.63) is 48.7 Å². The Hall–Kier alpha value is -2.36. The fraction of sp³-hybridized carbons (Fsp3) is 0.368. The summed E-state index contributed by atoms with van der Waals surface area (Å²) in [5, 5.41) is 2.90. The molecule has 23 heavy (non-hydrogen) atoms. The Labute approximate surface area is 138 Å². The summed E-state index contributed by atoms with van der Waals surface area (Å²) in [6.07, 6.45) is 3.50. The molecule has 0 saturated carbocycles. The molecule has 0 aliphatic carbocycles. The summed E-state index contributed by atoms with van der Waals surface area (Å²) < 4.78 is 0. The van der Waals surface area contributed by atoms with Gasteiger partial charge in [-0.25, -0.2) is 4.98 Å². The molecule has 4 heteroatoms. The van der Waals surface area contributed by atoms with E-state index in [1.54, 1.807) is 6.20 Å². The van der Waals surface area contributed by atoms with E-state index in [0.29, 0.717) is 5.82 Å². The summed E-state index contributed by atoms with van der Waals surface area (Å²) in [4.78, 5) is 18.7. The number of hydrogen-bond acceptors (Lipinski definition) is 3. The quantitative estimate of drug-likeness (QED) is 0.812. The highest BCUT2D eigenvalue weighted by Gasteiger charge is 2.15. The van der Waals surface area contributed by atoms with Crippen molar-refractivity contribution in [2.45, 2.75) is 33.6 Å². The van der Waals surface area contributed by atoms with Gasteiger partial charge in [0, 0.05) is 18.2 Å². The van der Waals surface area contributed by atoms with Crippen LogP contribution in [-0.4, -0.2) is 17.4 Å². The van der Waals surface area contributed by atoms with E-state index in [0.717, 1.165) is 30.8 Å². The van der Waals surface area contributed by atoms with Crippen molar-refractivity contribution >= 4 is 23.1 Å². The van der Waals surface area contributed by atoms with Crippen LogP contribution in [0.3, 0.4) is 0 Å². The molecule has 0 atom stereocenters. The number of carbonyl (C=O) groups is 1. The van der Waals surface area contributed by atoms with Crippen molar-refractivity contribution in [2.75, 3.05) is 16.8 Å². The molecular formula is C19H25N3O. The Morgan fingerprint density at radius 2 is 1.74 bits per heavy atom. The van der Waals surface area contributed by atoms with E-state index in [1.807, 2.05) is 44.2 Å². The molecule has 122 valence electrons. The lowest BCUT2D eigenvalue weighted by Gasteiger charge is -2.23. The van der Waals surface area contributed by atoms with Gasteiger partial charge in [0.05, 0.1) is 11.9 Å². The minimum atomic E-state index is 0.0469. The Morgan fingerprint density at radius 3 is 2.26 bits per heavy atom. The number of nitrogens with one attached hydrogen (secondary N) is 1. The van der Waals surface area contributed by atoms with Gasteiger partial charge in [0.25, 0.3) is 0 Å². The Morgan fingerprint density at radius 1 is 1.04 bits per heavy atom. The van der Waals surface area contributed by atoms with E-state index < -0.39 is 0 Å². The first-order chi connectivity index (χ1) is 11.2. The third-order valence-electron chi connectivity index (χ3n) is 4.05. The number of pyridine rings is 1. The Bertz CT molecular complexity index is 606. The van der Waals surface area contributed by atoms with Crippen LogP contribution in [0.1, 0.15) is 33.6 Å². The summed E-state index contributed by atoms with van der Waals surface area (Å²) in [7, 11) is 0. The minimum Gasteiger partial charge on any atom is -0.341 e. The zero-order chi connectivity index (χ0) is 16.7. The summed E-state index contributed by atoms with van der Waals surface area (Å²) in [6, 6.07) is 14.1. The Kier molecular flexibility index (Phi) is 6.15. The largest absolute Gasteiger partial charge is 0.341 e. The summed E-state index contributed by atoms with van der Waals surface area (Å²) in [6.45, 7) is 7.02. The van der Waals surface area contributed by atoms with E-state index in [1.165, 1.54) is 0 Å². The fourth-order valence-electron chi connectivity index (χ4n) is 2.63. The van der Waals surface area contributed by atoms with Gasteiger partial charge in [-0.1, -0.05) is 32.0 Å². The lowest BCUT2D eigenvalue weighted by atomic mass is 10.0. The number of benzene rings is 1. The maximum Gasteiger partial charge on any atom is 0.228 e. The summed E-state index contributed by atoms with van der Waals surface area (Å²) >= 11 is 0. The SMILES string of the molecule is CCC(CC)C(=O)Nc1ccc(N(CC)c2ccccc2)cn1. The zero-order valence-electron chi connectivity index (χ0n) is 14.1. The standard InChI is InChI=1S/C19H25N3O/c1-4-15(5-2)19(23)21-18-13-12-17(14-20-18)22(6-3)16-10-8-7-9-11-16/h7-15H,4-6H2,1-3H3,(H,20,21,23). The molecule has 0 radical (unpaired) electrons. The third kappa shape index (κ3) is 4.31. The molecule has 0 fully saturated rings. The maximum absolute atomic E-state index is 12.1. The van der Waals surface area contributed by atoms with Gasteiger partial charge in [-0.2, -0.15) is 0 Å². The van der Waals surface area contributed by atoms with E-state index in [9.17, 15) is 4.79 Å². The zero-order valence-corrected chi connectivity index (χ0v) is 14.1. The number of para-hydroxylation sites is 1. The van der Waals surface area contributed by atoms with E-state index in [2.05, 4.69) is 34.3 Å². The second kappa shape index (κ2) is 8.32. The molecule has 0 aliphatic rings. The van der Waals surface area contributed by atoms with Gasteiger partial charge in [-0.05, 0) is 44.0 Å². The number of aromatic nitrogens is 1. The van der Waals surface area contributed by atoms with Gasteiger partial charge in [0.15, 0.2) is 0 Å². The number of hydrogen-bond donors (Lipinski definition) is 1. The van der Waals surface area contributed by atoms with E-state index in [-0.39, 0.29) is 11.8 Å². The van der Waals surface area contributed by atoms with Crippen molar-refractivity contribution in [3.63, 3.8) is 0 Å². The predicted octanol–water partition coefficient (Wildman–Crippen LogP) is 4.61. The monoisotopic (exact) mass is 311 g/mol. The minimum absolute atomic E-state index is 0.0469. The maximum atomic E-state index is 12.1. The second-order valence-electron chi connectivity index (χ2n) is 5.48. The Balaban J connectivity index is 2.11. The van der Waals surface area contributed by atoms with Crippen molar-refractivity contribution in [3.8, 4) is 0 Å². The molecule has 1 aromatic carbocycles. The molecule has 0 unspecified atom stereocenters. The van der Waals surface area contributed by atoms with Gasteiger partial charge >= 0.3 is 0 Å². The third-order valence-corrected chi connectivity index (χ3v) is 4.05. The summed E-state index contributed by atoms with van der Waals surface area (Å²) in [5.41, 5.74) is 2.14. The lowest BCUT2D eigenvalue weighted by Crippen LogP contribution is -2.22. The van der Waals surface area contributed by atoms with E-state index >= 15 is 0 Å². The molecule has 0 aliphatic heterocycles. The molecule has 1 N–H and O–H groups in total. The first-order valence-corrected chi connectivity index (χ1v) is 8.29. The van der Waals surface area contributed by atoms with Gasteiger partial charge in [-0.15, -0.1) is 0 Å². The number of amides is 1. The van der Waals surface area contributed by atoms with Crippen LogP contribution in [-0.2, 0) is 4.79 Å². The molecule has 0 spiro atoms. The van der Waals surface area contributed by atoms with Crippen LogP contribution in [0.5, 0.6) is 0 Å². The molecule has 1 aromatic heterocycles. The van der Waals surface area contributed by atoms with Crippen molar-refractivity contribution in [2.24, 2.45) is 5.92 Å². The lowest BCUT2D eigenvalue weighted by molar-refractivity contribution is -0.120. The van der Waals surface area contributed by atoms with Crippen molar-refractivity contribution in [1.82, 2.24) is 4.98 Å². The molecule has 1 amide bonds. The second-order valence-corrected chi connectivity index (χ2v) is 5.48. The van der Waals surface area contributed by atoms with Crippen LogP contribution < -0.4 is 10.2 Å². The first kappa shape index (κ1) is 17.0. The molecule has 1 heterocycles. The highest BCUT2D eigenvalue weighted by molar-refractivity contribution is 5.91. The van der Waals surface area contributed by atoms with Gasteiger partial charge in [-0.3, -0.25) is 4.79 Å². The first-order valence-electron chi connectivity index (χ1n) is 8.29. The average Bonchev–Trinajstić information content (AvgIpc) is 2.59. The van der Waals surface area contributed by atoms with Crippen LogP contribution in [0.25, 0.3) is 0 Å². The molecule has 2 rings (SSSR count). The average molecular weight is 311 g/mol. The molecule has 2 aromatic rings. The van der Waals surface area contributed by atoms with Crippen LogP contribution in [0.2, 0.25) is 0 Å². The van der Waals surface area contributed by atoms with Crippen LogP contribution in [0, 0.1) is 5.92 Å². The van der Waals surface area contributed by atoms with Crippen LogP contribution >= 0.6 is 0 Å². The molecule has 0 saturated heterocycles. The van der Waals surface area contributed by atoms with Gasteiger partial charge < -0.3 is 10.2 Å². The number of anilines is 3. The molecule has 4 nitrogen and oxygen atoms in total. The van der Waals surface area contributed by atoms with E-state index in [4.69, 9.17) is 0 Å². The normalized spacial score (nSPS) is 10.6. The highest BCUT2D eigenvalue weighted by Crippen LogP contribution is 2.25. The molecular weight excluding hydrogens is 286 g/mol. The predicted molar refractivity (Wildman–Crippen MR) is 96.1 cm³/mol. The summed E-state index contributed by atoms with van der Waals surface area (Å²) in [5.74, 6) is 0.702. The number of rotatable bonds is 7. The highest BCUT2D eigenvalue weighted by atomic mass is 16.1. The topological polar surface area (TPSA) is 45.2 Å². The van der Waals surface area contributed by atoms with Crippen LogP contribution in [0.15, 0.2) is 48.7 Å². The van der Waals surface area contributed by atoms with Crippen molar-refractivity contribution in [1.29, 1.82) is 0 Å². The number of carbonyl (C=O) groups excluding carboxylic acids is 1. The van der Waals surface area contributed by atoms with Crippen LogP contribution in [0.4, 0.5) is 17.2 Å².